The van der Waals surface area contributed by atoms with Crippen LogP contribution in [0.15, 0.2) is 0 Å². The lowest BCUT2D eigenvalue weighted by molar-refractivity contribution is -0.131. The van der Waals surface area contributed by atoms with Crippen molar-refractivity contribution in [2.75, 3.05) is 5.75 Å². The second-order valence-corrected chi connectivity index (χ2v) is 13.8. The maximum absolute atomic E-state index is 12.5. The van der Waals surface area contributed by atoms with Crippen LogP contribution >= 0.6 is 0 Å². The summed E-state index contributed by atoms with van der Waals surface area (Å²) in [5.41, 5.74) is 0. The summed E-state index contributed by atoms with van der Waals surface area (Å²) in [6.45, 7) is 4.41. The number of hydrogen-bond donors (Lipinski definition) is 4. The highest BCUT2D eigenvalue weighted by molar-refractivity contribution is 7.85. The Hall–Kier alpha value is -0.700. The van der Waals surface area contributed by atoms with Crippen LogP contribution in [0.2, 0.25) is 0 Å². The Balaban J connectivity index is 3.88. The van der Waals surface area contributed by atoms with Gasteiger partial charge in [-0.1, -0.05) is 168 Å². The van der Waals surface area contributed by atoms with Gasteiger partial charge < -0.3 is 15.5 Å². The first-order chi connectivity index (χ1) is 19.7. The number of amides is 1. The molecular weight excluding hydrogens is 538 g/mol. The molecule has 0 spiro atoms. The molecular formula is C33H67NO6S. The standard InChI is InChI=1S/C33H67NO6S/c1-3-5-7-9-11-12-13-14-15-16-17-18-19-20-21-22-24-26-28-32(36)33(37)34-30(29-41(38,39)40)31(35)27-25-23-10-8-6-4-2/h30-32,35-36H,3-29H2,1-2H3,(H,34,37)(H,38,39,40). The van der Waals surface area contributed by atoms with Crippen LogP contribution in [-0.2, 0) is 14.9 Å². The quantitative estimate of drug-likeness (QED) is 0.0466. The minimum absolute atomic E-state index is 0.302. The molecule has 0 bridgehead atoms. The molecule has 0 aromatic carbocycles. The summed E-state index contributed by atoms with van der Waals surface area (Å²) in [6, 6.07) is -1.14. The third kappa shape index (κ3) is 27.9. The summed E-state index contributed by atoms with van der Waals surface area (Å²) < 4.78 is 32.1. The Bertz CT molecular complexity index is 687. The van der Waals surface area contributed by atoms with E-state index in [0.717, 1.165) is 44.9 Å². The van der Waals surface area contributed by atoms with Gasteiger partial charge in [-0.15, -0.1) is 0 Å². The summed E-state index contributed by atoms with van der Waals surface area (Å²) in [6.07, 6.45) is 27.3. The van der Waals surface area contributed by atoms with Crippen molar-refractivity contribution in [2.45, 2.75) is 199 Å². The third-order valence-corrected chi connectivity index (χ3v) is 8.95. The molecule has 0 aromatic heterocycles. The molecule has 246 valence electrons. The fraction of sp³-hybridized carbons (Fsp3) is 0.970. The maximum Gasteiger partial charge on any atom is 0.266 e. The fourth-order valence-corrected chi connectivity index (χ4v) is 6.22. The zero-order valence-electron chi connectivity index (χ0n) is 26.8. The highest BCUT2D eigenvalue weighted by Gasteiger charge is 2.28. The Morgan fingerprint density at radius 1 is 0.561 bits per heavy atom. The van der Waals surface area contributed by atoms with Crippen LogP contribution in [0.5, 0.6) is 0 Å². The van der Waals surface area contributed by atoms with Crippen molar-refractivity contribution in [3.8, 4) is 0 Å². The number of unbranched alkanes of at least 4 members (excludes halogenated alkanes) is 22. The second-order valence-electron chi connectivity index (χ2n) is 12.3. The molecule has 0 heterocycles. The predicted octanol–water partition coefficient (Wildman–Crippen LogP) is 8.26. The minimum atomic E-state index is -4.38. The fourth-order valence-electron chi connectivity index (χ4n) is 5.46. The largest absolute Gasteiger partial charge is 0.391 e. The van der Waals surface area contributed by atoms with Crippen LogP contribution in [0.25, 0.3) is 0 Å². The normalized spacial score (nSPS) is 14.2. The second kappa shape index (κ2) is 28.1. The first-order valence-electron chi connectivity index (χ1n) is 17.3. The summed E-state index contributed by atoms with van der Waals surface area (Å²) in [7, 11) is -4.38. The van der Waals surface area contributed by atoms with Gasteiger partial charge in [0.2, 0.25) is 5.91 Å². The average Bonchev–Trinajstić information content (AvgIpc) is 2.92. The molecule has 1 amide bonds. The van der Waals surface area contributed by atoms with Gasteiger partial charge >= 0.3 is 0 Å². The molecule has 0 radical (unpaired) electrons. The Morgan fingerprint density at radius 2 is 0.878 bits per heavy atom. The zero-order valence-corrected chi connectivity index (χ0v) is 27.6. The highest BCUT2D eigenvalue weighted by atomic mass is 32.2. The first kappa shape index (κ1) is 40.3. The van der Waals surface area contributed by atoms with E-state index in [9.17, 15) is 28.0 Å². The molecule has 0 aliphatic rings. The van der Waals surface area contributed by atoms with E-state index in [0.29, 0.717) is 19.3 Å². The van der Waals surface area contributed by atoms with Crippen molar-refractivity contribution in [1.82, 2.24) is 5.32 Å². The minimum Gasteiger partial charge on any atom is -0.391 e. The van der Waals surface area contributed by atoms with Gasteiger partial charge in [0.15, 0.2) is 0 Å². The van der Waals surface area contributed by atoms with Crippen molar-refractivity contribution in [3.63, 3.8) is 0 Å². The van der Waals surface area contributed by atoms with Crippen LogP contribution in [0, 0.1) is 0 Å². The van der Waals surface area contributed by atoms with Crippen molar-refractivity contribution < 1.29 is 28.0 Å². The number of rotatable bonds is 31. The van der Waals surface area contributed by atoms with Gasteiger partial charge in [-0.3, -0.25) is 9.35 Å². The predicted molar refractivity (Wildman–Crippen MR) is 172 cm³/mol. The van der Waals surface area contributed by atoms with E-state index < -0.39 is 40.0 Å². The molecule has 0 saturated carbocycles. The number of carbonyl (C=O) groups is 1. The number of nitrogens with one attached hydrogen (secondary N) is 1. The molecule has 4 N–H and O–H groups in total. The summed E-state index contributed by atoms with van der Waals surface area (Å²) in [5.74, 6) is -1.45. The van der Waals surface area contributed by atoms with Gasteiger partial charge in [-0.2, -0.15) is 8.42 Å². The van der Waals surface area contributed by atoms with Crippen LogP contribution in [0.4, 0.5) is 0 Å². The van der Waals surface area contributed by atoms with E-state index in [1.807, 2.05) is 0 Å². The van der Waals surface area contributed by atoms with E-state index in [2.05, 4.69) is 19.2 Å². The Morgan fingerprint density at radius 3 is 1.22 bits per heavy atom. The molecule has 0 rings (SSSR count). The monoisotopic (exact) mass is 605 g/mol. The molecule has 0 aliphatic heterocycles. The van der Waals surface area contributed by atoms with E-state index in [1.165, 1.54) is 103 Å². The first-order valence-corrected chi connectivity index (χ1v) is 18.9. The molecule has 3 atom stereocenters. The lowest BCUT2D eigenvalue weighted by atomic mass is 10.0. The van der Waals surface area contributed by atoms with Crippen LogP contribution in [-0.4, -0.2) is 53.1 Å². The Kier molecular flexibility index (Phi) is 27.6. The number of carbonyl (C=O) groups excluding carboxylic acids is 1. The molecule has 0 aliphatic carbocycles. The molecule has 0 fully saturated rings. The number of aliphatic hydroxyl groups is 2. The number of hydrogen-bond acceptors (Lipinski definition) is 5. The van der Waals surface area contributed by atoms with Gasteiger partial charge in [-0.25, -0.2) is 0 Å². The Labute approximate surface area is 253 Å². The topological polar surface area (TPSA) is 124 Å². The summed E-state index contributed by atoms with van der Waals surface area (Å²) in [5, 5.41) is 23.2. The van der Waals surface area contributed by atoms with Crippen LogP contribution < -0.4 is 5.32 Å². The molecule has 3 unspecified atom stereocenters. The van der Waals surface area contributed by atoms with E-state index in [4.69, 9.17) is 0 Å². The van der Waals surface area contributed by atoms with Gasteiger partial charge in [0.1, 0.15) is 6.10 Å². The van der Waals surface area contributed by atoms with Crippen molar-refractivity contribution in [1.29, 1.82) is 0 Å². The smallest absolute Gasteiger partial charge is 0.266 e. The lowest BCUT2D eigenvalue weighted by Gasteiger charge is -2.24. The summed E-state index contributed by atoms with van der Waals surface area (Å²) >= 11 is 0. The summed E-state index contributed by atoms with van der Waals surface area (Å²) in [4.78, 5) is 12.5. The molecule has 8 heteroatoms. The maximum atomic E-state index is 12.5. The zero-order chi connectivity index (χ0) is 30.6. The van der Waals surface area contributed by atoms with Crippen LogP contribution in [0.3, 0.4) is 0 Å². The molecule has 0 saturated heterocycles. The van der Waals surface area contributed by atoms with Gasteiger partial charge in [0.05, 0.1) is 17.9 Å². The van der Waals surface area contributed by atoms with Crippen molar-refractivity contribution in [3.05, 3.63) is 0 Å². The van der Waals surface area contributed by atoms with Crippen LogP contribution in [0.1, 0.15) is 181 Å². The molecule has 0 aromatic rings. The molecule has 41 heavy (non-hydrogen) atoms. The van der Waals surface area contributed by atoms with E-state index >= 15 is 0 Å². The van der Waals surface area contributed by atoms with E-state index in [-0.39, 0.29) is 0 Å². The molecule has 7 nitrogen and oxygen atoms in total. The van der Waals surface area contributed by atoms with Gasteiger partial charge in [-0.05, 0) is 12.8 Å². The van der Waals surface area contributed by atoms with Crippen molar-refractivity contribution >= 4 is 16.0 Å². The average molecular weight is 606 g/mol. The number of aliphatic hydroxyl groups excluding tert-OH is 2. The lowest BCUT2D eigenvalue weighted by Crippen LogP contribution is -2.50. The third-order valence-electron chi connectivity index (χ3n) is 8.17. The van der Waals surface area contributed by atoms with E-state index in [1.54, 1.807) is 0 Å². The van der Waals surface area contributed by atoms with Crippen molar-refractivity contribution in [2.24, 2.45) is 0 Å². The van der Waals surface area contributed by atoms with Gasteiger partial charge in [0.25, 0.3) is 10.1 Å². The SMILES string of the molecule is CCCCCCCCCCCCCCCCCCCCC(O)C(=O)NC(CS(=O)(=O)O)C(O)CCCCCCCC. The van der Waals surface area contributed by atoms with Gasteiger partial charge in [0, 0.05) is 0 Å². The highest BCUT2D eigenvalue weighted by Crippen LogP contribution is 2.16.